The van der Waals surface area contributed by atoms with Crippen molar-refractivity contribution >= 4 is 17.8 Å². The van der Waals surface area contributed by atoms with E-state index in [1.54, 1.807) is 24.3 Å². The first-order chi connectivity index (χ1) is 15.0. The van der Waals surface area contributed by atoms with Crippen molar-refractivity contribution in [2.75, 3.05) is 47.1 Å². The van der Waals surface area contributed by atoms with Crippen LogP contribution in [0.5, 0.6) is 0 Å². The fourth-order valence-electron chi connectivity index (χ4n) is 3.52. The highest BCUT2D eigenvalue weighted by molar-refractivity contribution is 5.90. The zero-order valence-corrected chi connectivity index (χ0v) is 18.4. The van der Waals surface area contributed by atoms with Crippen molar-refractivity contribution in [3.05, 3.63) is 30.1 Å². The summed E-state index contributed by atoms with van der Waals surface area (Å²) in [4.78, 5) is 41.5. The zero-order valence-electron chi connectivity index (χ0n) is 18.4. The molecule has 0 bridgehead atoms. The van der Waals surface area contributed by atoms with E-state index < -0.39 is 5.92 Å². The zero-order chi connectivity index (χ0) is 22.5. The third-order valence-electron chi connectivity index (χ3n) is 5.22. The largest absolute Gasteiger partial charge is 0.469 e. The summed E-state index contributed by atoms with van der Waals surface area (Å²) in [6, 6.07) is 3.40. The Morgan fingerprint density at radius 3 is 2.55 bits per heavy atom. The van der Waals surface area contributed by atoms with Gasteiger partial charge in [-0.15, -0.1) is 0 Å². The van der Waals surface area contributed by atoms with Crippen LogP contribution in [-0.4, -0.2) is 74.8 Å². The van der Waals surface area contributed by atoms with E-state index in [1.807, 2.05) is 12.1 Å². The number of pyridine rings is 1. The van der Waals surface area contributed by atoms with Crippen molar-refractivity contribution in [2.24, 2.45) is 5.92 Å². The summed E-state index contributed by atoms with van der Waals surface area (Å²) in [7, 11) is 3.10. The fourth-order valence-corrected chi connectivity index (χ4v) is 3.52. The molecule has 1 N–H and O–H groups in total. The normalized spacial score (nSPS) is 18.3. The smallest absolute Gasteiger partial charge is 0.305 e. The minimum Gasteiger partial charge on any atom is -0.469 e. The van der Waals surface area contributed by atoms with E-state index in [1.165, 1.54) is 7.11 Å². The van der Waals surface area contributed by atoms with E-state index >= 15 is 0 Å². The average Bonchev–Trinajstić information content (AvgIpc) is 3.09. The molecule has 1 aromatic rings. The molecule has 9 heteroatoms. The molecule has 2 rings (SSSR count). The van der Waals surface area contributed by atoms with Gasteiger partial charge in [0.2, 0.25) is 11.8 Å². The third-order valence-corrected chi connectivity index (χ3v) is 5.22. The molecule has 0 aliphatic carbocycles. The second-order valence-electron chi connectivity index (χ2n) is 7.45. The molecule has 2 amide bonds. The van der Waals surface area contributed by atoms with Gasteiger partial charge >= 0.3 is 5.97 Å². The van der Waals surface area contributed by atoms with Crippen molar-refractivity contribution in [1.82, 2.24) is 15.2 Å². The molecule has 0 aromatic carbocycles. The third kappa shape index (κ3) is 8.26. The van der Waals surface area contributed by atoms with Crippen LogP contribution in [0.3, 0.4) is 0 Å². The topological polar surface area (TPSA) is 107 Å². The fraction of sp³-hybridized carbons (Fsp3) is 0.636. The number of carbonyl (C=O) groups excluding carboxylic acids is 3. The average molecular weight is 436 g/mol. The lowest BCUT2D eigenvalue weighted by atomic mass is 9.94. The Labute approximate surface area is 183 Å². The van der Waals surface area contributed by atoms with E-state index in [9.17, 15) is 14.4 Å². The maximum Gasteiger partial charge on any atom is 0.305 e. The summed E-state index contributed by atoms with van der Waals surface area (Å²) in [6.07, 6.45) is 6.33. The molecule has 1 aromatic heterocycles. The Balaban J connectivity index is 1.55. The molecule has 9 nitrogen and oxygen atoms in total. The van der Waals surface area contributed by atoms with Crippen molar-refractivity contribution in [2.45, 2.75) is 38.1 Å². The minimum absolute atomic E-state index is 0.0437. The van der Waals surface area contributed by atoms with Crippen molar-refractivity contribution in [3.8, 4) is 0 Å². The predicted octanol–water partition coefficient (Wildman–Crippen LogP) is 1.48. The Morgan fingerprint density at radius 1 is 1.16 bits per heavy atom. The highest BCUT2D eigenvalue weighted by Gasteiger charge is 2.42. The van der Waals surface area contributed by atoms with Gasteiger partial charge in [0.1, 0.15) is 0 Å². The molecule has 0 unspecified atom stereocenters. The van der Waals surface area contributed by atoms with Gasteiger partial charge < -0.3 is 24.4 Å². The number of methoxy groups -OCH3 is 1. The van der Waals surface area contributed by atoms with Crippen molar-refractivity contribution in [3.63, 3.8) is 0 Å². The molecule has 1 saturated heterocycles. The molecule has 0 spiro atoms. The number of esters is 1. The number of amides is 2. The van der Waals surface area contributed by atoms with Gasteiger partial charge in [-0.2, -0.15) is 0 Å². The van der Waals surface area contributed by atoms with Crippen LogP contribution in [0.1, 0.15) is 43.7 Å². The highest BCUT2D eigenvalue weighted by Crippen LogP contribution is 2.36. The van der Waals surface area contributed by atoms with Gasteiger partial charge in [0.25, 0.3) is 0 Å². The Hall–Kier alpha value is -2.52. The first-order valence-electron chi connectivity index (χ1n) is 10.7. The van der Waals surface area contributed by atoms with E-state index in [-0.39, 0.29) is 30.2 Å². The first kappa shape index (κ1) is 24.7. The lowest BCUT2D eigenvalue weighted by Crippen LogP contribution is -2.36. The van der Waals surface area contributed by atoms with Crippen LogP contribution in [0, 0.1) is 5.92 Å². The van der Waals surface area contributed by atoms with E-state index in [0.29, 0.717) is 45.8 Å². The van der Waals surface area contributed by atoms with Gasteiger partial charge in [0.05, 0.1) is 25.7 Å². The van der Waals surface area contributed by atoms with Gasteiger partial charge in [-0.1, -0.05) is 6.07 Å². The van der Waals surface area contributed by atoms with Crippen LogP contribution in [-0.2, 0) is 28.6 Å². The summed E-state index contributed by atoms with van der Waals surface area (Å²) in [5.74, 6) is -0.838. The summed E-state index contributed by atoms with van der Waals surface area (Å²) < 4.78 is 15.6. The van der Waals surface area contributed by atoms with Gasteiger partial charge in [-0.05, 0) is 30.9 Å². The molecule has 0 radical (unpaired) electrons. The number of unbranched alkanes of at least 4 members (excludes halogenated alkanes) is 1. The van der Waals surface area contributed by atoms with Crippen LogP contribution in [0.25, 0.3) is 0 Å². The Kier molecular flexibility index (Phi) is 10.9. The number of likely N-dealkylation sites (tertiary alicyclic amines) is 1. The first-order valence-corrected chi connectivity index (χ1v) is 10.7. The standard InChI is InChI=1S/C22H33N3O6/c1-25-19(26)15-18(21(25)17-7-5-9-23-16-17)22(28)24-10-14-31-12-4-3-11-30-13-6-8-20(27)29-2/h5,7,9,16,18,21H,3-4,6,8,10-15H2,1-2H3,(H,24,28)/t18-,21+/m0/s1. The summed E-state index contributed by atoms with van der Waals surface area (Å²) >= 11 is 0. The molecule has 1 fully saturated rings. The maximum atomic E-state index is 12.6. The number of nitrogens with zero attached hydrogens (tertiary/aromatic N) is 2. The molecule has 2 atom stereocenters. The number of hydrogen-bond acceptors (Lipinski definition) is 7. The molecular formula is C22H33N3O6. The summed E-state index contributed by atoms with van der Waals surface area (Å²) in [6.45, 7) is 2.57. The van der Waals surface area contributed by atoms with E-state index in [4.69, 9.17) is 9.47 Å². The van der Waals surface area contributed by atoms with Crippen LogP contribution in [0.15, 0.2) is 24.5 Å². The summed E-state index contributed by atoms with van der Waals surface area (Å²) in [5.41, 5.74) is 0.861. The SMILES string of the molecule is COC(=O)CCCOCCCCOCCNC(=O)[C@H]1CC(=O)N(C)[C@@H]1c1cccnc1. The molecule has 0 saturated carbocycles. The number of carbonyl (C=O) groups is 3. The van der Waals surface area contributed by atoms with E-state index in [0.717, 1.165) is 18.4 Å². The number of rotatable bonds is 14. The Bertz CT molecular complexity index is 700. The number of ether oxygens (including phenoxy) is 3. The number of aromatic nitrogens is 1. The monoisotopic (exact) mass is 435 g/mol. The number of hydrogen-bond donors (Lipinski definition) is 1. The van der Waals surface area contributed by atoms with E-state index in [2.05, 4.69) is 15.0 Å². The molecule has 2 heterocycles. The highest BCUT2D eigenvalue weighted by atomic mass is 16.5. The molecule has 1 aliphatic rings. The minimum atomic E-state index is -0.432. The molecule has 172 valence electrons. The van der Waals surface area contributed by atoms with Crippen LogP contribution in [0.2, 0.25) is 0 Å². The molecular weight excluding hydrogens is 402 g/mol. The van der Waals surface area contributed by atoms with Crippen LogP contribution in [0.4, 0.5) is 0 Å². The quantitative estimate of drug-likeness (QED) is 0.348. The van der Waals surface area contributed by atoms with Gasteiger partial charge in [0.15, 0.2) is 0 Å². The van der Waals surface area contributed by atoms with Gasteiger partial charge in [-0.3, -0.25) is 19.4 Å². The lowest BCUT2D eigenvalue weighted by molar-refractivity contribution is -0.141. The van der Waals surface area contributed by atoms with Gasteiger partial charge in [-0.25, -0.2) is 0 Å². The second-order valence-corrected chi connectivity index (χ2v) is 7.45. The maximum absolute atomic E-state index is 12.6. The lowest BCUT2D eigenvalue weighted by Gasteiger charge is -2.24. The number of nitrogens with one attached hydrogen (secondary N) is 1. The van der Waals surface area contributed by atoms with Crippen LogP contribution >= 0.6 is 0 Å². The van der Waals surface area contributed by atoms with Crippen molar-refractivity contribution < 1.29 is 28.6 Å². The predicted molar refractivity (Wildman–Crippen MR) is 113 cm³/mol. The second kappa shape index (κ2) is 13.7. The molecule has 1 aliphatic heterocycles. The summed E-state index contributed by atoms with van der Waals surface area (Å²) in [5, 5.41) is 2.88. The van der Waals surface area contributed by atoms with Crippen LogP contribution < -0.4 is 5.32 Å². The van der Waals surface area contributed by atoms with Gasteiger partial charge in [0, 0.05) is 58.6 Å². The van der Waals surface area contributed by atoms with Crippen molar-refractivity contribution in [1.29, 1.82) is 0 Å². The Morgan fingerprint density at radius 2 is 1.87 bits per heavy atom. The molecule has 31 heavy (non-hydrogen) atoms.